The van der Waals surface area contributed by atoms with Crippen LogP contribution in [0.4, 0.5) is 0 Å². The standard InChI is InChI=1S/C60H60S/c1-57(2,3)45-24-16-37(17-25-45)39-14-13-15-40(32-39)42-20-28-47-51(35-42)55(59(7,8)9)48-29-21-43(36-52(48)56(47)60(10,11)12)44-23-31-54-50(34-44)49-33-41(22-30-53(49)61-54)38-18-26-46(27-19-38)58(4,5)6/h13-36H,1-12H3. The highest BCUT2D eigenvalue weighted by Crippen LogP contribution is 2.47. The summed E-state index contributed by atoms with van der Waals surface area (Å²) in [7, 11) is 0. The van der Waals surface area contributed by atoms with Crippen LogP contribution in [0.3, 0.4) is 0 Å². The Bertz CT molecular complexity index is 3120. The summed E-state index contributed by atoms with van der Waals surface area (Å²) >= 11 is 1.89. The molecule has 0 aliphatic carbocycles. The topological polar surface area (TPSA) is 0 Å². The van der Waals surface area contributed by atoms with Crippen LogP contribution in [0.25, 0.3) is 86.2 Å². The first-order valence-electron chi connectivity index (χ1n) is 22.1. The summed E-state index contributed by atoms with van der Waals surface area (Å²) < 4.78 is 2.66. The van der Waals surface area contributed by atoms with E-state index in [9.17, 15) is 0 Å². The number of thiophene rings is 1. The van der Waals surface area contributed by atoms with Crippen molar-refractivity contribution in [3.05, 3.63) is 168 Å². The lowest BCUT2D eigenvalue weighted by atomic mass is 9.73. The molecule has 0 unspecified atom stereocenters. The number of rotatable bonds is 4. The Hall–Kier alpha value is -5.50. The van der Waals surface area contributed by atoms with Crippen molar-refractivity contribution in [2.45, 2.75) is 105 Å². The quantitative estimate of drug-likeness (QED) is 0.155. The smallest absolute Gasteiger partial charge is 0.0355 e. The van der Waals surface area contributed by atoms with Crippen LogP contribution in [-0.4, -0.2) is 0 Å². The Morgan fingerprint density at radius 1 is 0.262 bits per heavy atom. The minimum Gasteiger partial charge on any atom is -0.135 e. The summed E-state index contributed by atoms with van der Waals surface area (Å²) in [6.45, 7) is 27.9. The van der Waals surface area contributed by atoms with Crippen LogP contribution in [-0.2, 0) is 21.7 Å². The maximum absolute atomic E-state index is 2.49. The van der Waals surface area contributed by atoms with E-state index >= 15 is 0 Å². The van der Waals surface area contributed by atoms with Crippen LogP contribution in [0, 0.1) is 0 Å². The van der Waals surface area contributed by atoms with Gasteiger partial charge in [-0.25, -0.2) is 0 Å². The zero-order valence-corrected chi connectivity index (χ0v) is 39.1. The number of benzene rings is 8. The van der Waals surface area contributed by atoms with Gasteiger partial charge in [-0.15, -0.1) is 11.3 Å². The van der Waals surface area contributed by atoms with E-state index in [0.717, 1.165) is 0 Å². The van der Waals surface area contributed by atoms with Gasteiger partial charge in [0, 0.05) is 20.2 Å². The molecule has 9 aromatic rings. The molecular formula is C60H60S. The molecule has 8 aromatic carbocycles. The van der Waals surface area contributed by atoms with E-state index < -0.39 is 0 Å². The highest BCUT2D eigenvalue weighted by atomic mass is 32.1. The third-order valence-corrected chi connectivity index (χ3v) is 13.9. The second-order valence-electron chi connectivity index (χ2n) is 21.5. The van der Waals surface area contributed by atoms with Gasteiger partial charge in [-0.05, 0) is 152 Å². The molecule has 0 amide bonds. The van der Waals surface area contributed by atoms with E-state index in [2.05, 4.69) is 229 Å². The first kappa shape index (κ1) is 40.9. The van der Waals surface area contributed by atoms with E-state index in [1.165, 1.54) is 108 Å². The molecule has 61 heavy (non-hydrogen) atoms. The van der Waals surface area contributed by atoms with Gasteiger partial charge in [-0.1, -0.05) is 186 Å². The largest absolute Gasteiger partial charge is 0.135 e. The van der Waals surface area contributed by atoms with E-state index in [-0.39, 0.29) is 21.7 Å². The molecule has 9 rings (SSSR count). The molecule has 0 fully saturated rings. The maximum Gasteiger partial charge on any atom is 0.0355 e. The minimum atomic E-state index is -0.0822. The van der Waals surface area contributed by atoms with Crippen LogP contribution >= 0.6 is 11.3 Å². The van der Waals surface area contributed by atoms with Crippen LogP contribution in [0.15, 0.2) is 146 Å². The van der Waals surface area contributed by atoms with Crippen molar-refractivity contribution in [1.82, 2.24) is 0 Å². The minimum absolute atomic E-state index is 0.0804. The van der Waals surface area contributed by atoms with Crippen LogP contribution in [0.1, 0.15) is 105 Å². The zero-order chi connectivity index (χ0) is 43.2. The normalized spacial score (nSPS) is 12.9. The van der Waals surface area contributed by atoms with Crippen molar-refractivity contribution < 1.29 is 0 Å². The van der Waals surface area contributed by atoms with Gasteiger partial charge >= 0.3 is 0 Å². The third-order valence-electron chi connectivity index (χ3n) is 12.8. The number of hydrogen-bond donors (Lipinski definition) is 0. The van der Waals surface area contributed by atoms with E-state index in [1.54, 1.807) is 0 Å². The molecule has 0 N–H and O–H groups in total. The lowest BCUT2D eigenvalue weighted by molar-refractivity contribution is 0.590. The molecule has 0 saturated carbocycles. The molecule has 0 spiro atoms. The second-order valence-corrected chi connectivity index (χ2v) is 22.6. The van der Waals surface area contributed by atoms with Crippen LogP contribution < -0.4 is 0 Å². The molecule has 0 radical (unpaired) electrons. The van der Waals surface area contributed by atoms with Crippen molar-refractivity contribution in [3.8, 4) is 44.5 Å². The molecular weight excluding hydrogens is 753 g/mol. The third kappa shape index (κ3) is 7.61. The summed E-state index contributed by atoms with van der Waals surface area (Å²) in [4.78, 5) is 0. The van der Waals surface area contributed by atoms with Crippen molar-refractivity contribution in [3.63, 3.8) is 0 Å². The Balaban J connectivity index is 1.17. The van der Waals surface area contributed by atoms with Crippen molar-refractivity contribution in [1.29, 1.82) is 0 Å². The first-order chi connectivity index (χ1) is 28.7. The Morgan fingerprint density at radius 3 is 0.951 bits per heavy atom. The molecule has 0 bridgehead atoms. The lowest BCUT2D eigenvalue weighted by Gasteiger charge is -2.31. The second kappa shape index (κ2) is 14.6. The van der Waals surface area contributed by atoms with E-state index in [4.69, 9.17) is 0 Å². The molecule has 0 atom stereocenters. The Morgan fingerprint density at radius 2 is 0.574 bits per heavy atom. The molecule has 1 aromatic heterocycles. The monoisotopic (exact) mass is 812 g/mol. The van der Waals surface area contributed by atoms with Gasteiger partial charge in [-0.2, -0.15) is 0 Å². The van der Waals surface area contributed by atoms with Gasteiger partial charge < -0.3 is 0 Å². The lowest BCUT2D eigenvalue weighted by Crippen LogP contribution is -2.17. The fraction of sp³-hybridized carbons (Fsp3) is 0.267. The fourth-order valence-electron chi connectivity index (χ4n) is 9.54. The molecule has 1 heteroatoms. The summed E-state index contributed by atoms with van der Waals surface area (Å²) in [5.74, 6) is 0. The van der Waals surface area contributed by atoms with Gasteiger partial charge in [0.25, 0.3) is 0 Å². The van der Waals surface area contributed by atoms with Gasteiger partial charge in [0.15, 0.2) is 0 Å². The van der Waals surface area contributed by atoms with Gasteiger partial charge in [0.2, 0.25) is 0 Å². The summed E-state index contributed by atoms with van der Waals surface area (Å²) in [5, 5.41) is 8.06. The summed E-state index contributed by atoms with van der Waals surface area (Å²) in [6.07, 6.45) is 0. The summed E-state index contributed by atoms with van der Waals surface area (Å²) in [5.41, 5.74) is 15.7. The predicted molar refractivity (Wildman–Crippen MR) is 271 cm³/mol. The first-order valence-corrected chi connectivity index (χ1v) is 22.9. The van der Waals surface area contributed by atoms with Gasteiger partial charge in [-0.3, -0.25) is 0 Å². The average molecular weight is 813 g/mol. The predicted octanol–water partition coefficient (Wildman–Crippen LogP) is 18.2. The van der Waals surface area contributed by atoms with Crippen molar-refractivity contribution >= 4 is 53.1 Å². The van der Waals surface area contributed by atoms with E-state index in [1.807, 2.05) is 11.3 Å². The molecule has 0 aliphatic heterocycles. The SMILES string of the molecule is CC(C)(C)c1ccc(-c2cccc(-c3ccc4c(C(C)(C)C)c5cc(-c6ccc7sc8ccc(-c9ccc(C(C)(C)C)cc9)cc8c7c6)ccc5c(C(C)(C)C)c4c3)c2)cc1. The number of hydrogen-bond acceptors (Lipinski definition) is 1. The molecule has 306 valence electrons. The van der Waals surface area contributed by atoms with Crippen LogP contribution in [0.2, 0.25) is 0 Å². The molecule has 0 aliphatic rings. The molecule has 1 heterocycles. The van der Waals surface area contributed by atoms with Gasteiger partial charge in [0.1, 0.15) is 0 Å². The zero-order valence-electron chi connectivity index (χ0n) is 38.3. The maximum atomic E-state index is 2.49. The fourth-order valence-corrected chi connectivity index (χ4v) is 10.6. The van der Waals surface area contributed by atoms with E-state index in [0.29, 0.717) is 0 Å². The van der Waals surface area contributed by atoms with Crippen molar-refractivity contribution in [2.75, 3.05) is 0 Å². The average Bonchev–Trinajstić information content (AvgIpc) is 3.58. The summed E-state index contributed by atoms with van der Waals surface area (Å²) in [6, 6.07) is 55.9. The molecule has 0 saturated heterocycles. The molecule has 0 nitrogen and oxygen atoms in total. The highest BCUT2D eigenvalue weighted by Gasteiger charge is 2.28. The Labute approximate surface area is 368 Å². The van der Waals surface area contributed by atoms with Gasteiger partial charge in [0.05, 0.1) is 0 Å². The number of fused-ring (bicyclic) bond motifs is 5. The van der Waals surface area contributed by atoms with Crippen molar-refractivity contribution in [2.24, 2.45) is 0 Å². The Kier molecular flexibility index (Phi) is 9.76. The van der Waals surface area contributed by atoms with Crippen LogP contribution in [0.5, 0.6) is 0 Å². The highest BCUT2D eigenvalue weighted by molar-refractivity contribution is 7.25.